The third kappa shape index (κ3) is 2.47. The molecule has 17 heavy (non-hydrogen) atoms. The van der Waals surface area contributed by atoms with Gasteiger partial charge < -0.3 is 4.74 Å². The predicted octanol–water partition coefficient (Wildman–Crippen LogP) is 4.14. The molecule has 1 aromatic rings. The summed E-state index contributed by atoms with van der Waals surface area (Å²) in [4.78, 5) is 0. The van der Waals surface area contributed by atoms with Gasteiger partial charge >= 0.3 is 0 Å². The zero-order chi connectivity index (χ0) is 12.6. The van der Waals surface area contributed by atoms with Gasteiger partial charge in [0.15, 0.2) is 0 Å². The van der Waals surface area contributed by atoms with E-state index in [4.69, 9.17) is 10.00 Å². The van der Waals surface area contributed by atoms with E-state index in [1.165, 1.54) is 11.1 Å². The van der Waals surface area contributed by atoms with Gasteiger partial charge in [0.25, 0.3) is 0 Å². The SMILES string of the molecule is Cc1cc(OC2CC(C)(C#N)C2)cc(C)c1Br. The van der Waals surface area contributed by atoms with Gasteiger partial charge in [-0.1, -0.05) is 15.9 Å². The first-order valence-electron chi connectivity index (χ1n) is 5.78. The Labute approximate surface area is 111 Å². The average Bonchev–Trinajstić information content (AvgIpc) is 2.23. The Morgan fingerprint density at radius 2 is 1.88 bits per heavy atom. The van der Waals surface area contributed by atoms with Crippen molar-refractivity contribution in [2.24, 2.45) is 5.41 Å². The fourth-order valence-electron chi connectivity index (χ4n) is 2.29. The largest absolute Gasteiger partial charge is 0.490 e. The summed E-state index contributed by atoms with van der Waals surface area (Å²) in [7, 11) is 0. The molecule has 1 fully saturated rings. The summed E-state index contributed by atoms with van der Waals surface area (Å²) in [6.07, 6.45) is 1.86. The molecule has 0 saturated heterocycles. The van der Waals surface area contributed by atoms with Crippen LogP contribution in [0.3, 0.4) is 0 Å². The molecular formula is C14H16BrNO. The van der Waals surface area contributed by atoms with Gasteiger partial charge in [-0.25, -0.2) is 0 Å². The summed E-state index contributed by atoms with van der Waals surface area (Å²) < 4.78 is 7.03. The highest BCUT2D eigenvalue weighted by atomic mass is 79.9. The first-order chi connectivity index (χ1) is 7.93. The van der Waals surface area contributed by atoms with Gasteiger partial charge in [-0.2, -0.15) is 5.26 Å². The van der Waals surface area contributed by atoms with Crippen LogP contribution >= 0.6 is 15.9 Å². The second-order valence-electron chi connectivity index (χ2n) is 5.19. The average molecular weight is 294 g/mol. The number of rotatable bonds is 2. The van der Waals surface area contributed by atoms with Crippen molar-refractivity contribution in [3.05, 3.63) is 27.7 Å². The molecule has 3 heteroatoms. The maximum absolute atomic E-state index is 8.94. The van der Waals surface area contributed by atoms with Gasteiger partial charge in [0.2, 0.25) is 0 Å². The van der Waals surface area contributed by atoms with E-state index in [0.29, 0.717) is 0 Å². The Hall–Kier alpha value is -1.01. The summed E-state index contributed by atoms with van der Waals surface area (Å²) in [5.74, 6) is 0.910. The Morgan fingerprint density at radius 3 is 2.35 bits per heavy atom. The van der Waals surface area contributed by atoms with Crippen molar-refractivity contribution in [2.45, 2.75) is 39.7 Å². The molecular weight excluding hydrogens is 278 g/mol. The molecule has 90 valence electrons. The van der Waals surface area contributed by atoms with Crippen molar-refractivity contribution < 1.29 is 4.74 Å². The lowest BCUT2D eigenvalue weighted by atomic mass is 9.69. The zero-order valence-corrected chi connectivity index (χ0v) is 12.0. The van der Waals surface area contributed by atoms with Crippen LogP contribution in [-0.4, -0.2) is 6.10 Å². The summed E-state index contributed by atoms with van der Waals surface area (Å²) in [6.45, 7) is 6.11. The Kier molecular flexibility index (Phi) is 3.18. The third-order valence-corrected chi connectivity index (χ3v) is 4.59. The predicted molar refractivity (Wildman–Crippen MR) is 71.0 cm³/mol. The summed E-state index contributed by atoms with van der Waals surface area (Å²) in [5.41, 5.74) is 2.19. The molecule has 0 radical (unpaired) electrons. The molecule has 1 aliphatic rings. The highest BCUT2D eigenvalue weighted by Crippen LogP contribution is 2.42. The second kappa shape index (κ2) is 4.34. The van der Waals surface area contributed by atoms with Gasteiger partial charge in [0, 0.05) is 17.3 Å². The van der Waals surface area contributed by atoms with E-state index in [-0.39, 0.29) is 11.5 Å². The maximum Gasteiger partial charge on any atom is 0.120 e. The molecule has 0 N–H and O–H groups in total. The monoisotopic (exact) mass is 293 g/mol. The van der Waals surface area contributed by atoms with Crippen LogP contribution in [0.25, 0.3) is 0 Å². The normalized spacial score (nSPS) is 27.1. The van der Waals surface area contributed by atoms with E-state index in [2.05, 4.69) is 35.8 Å². The molecule has 0 unspecified atom stereocenters. The lowest BCUT2D eigenvalue weighted by molar-refractivity contribution is 0.0340. The number of ether oxygens (including phenoxy) is 1. The molecule has 0 aliphatic heterocycles. The molecule has 1 aromatic carbocycles. The number of nitriles is 1. The van der Waals surface area contributed by atoms with E-state index in [1.54, 1.807) is 0 Å². The van der Waals surface area contributed by atoms with Crippen LogP contribution in [0.5, 0.6) is 5.75 Å². The number of nitrogens with zero attached hydrogens (tertiary/aromatic N) is 1. The fourth-order valence-corrected chi connectivity index (χ4v) is 2.52. The van der Waals surface area contributed by atoms with Crippen LogP contribution < -0.4 is 4.74 Å². The molecule has 0 bridgehead atoms. The molecule has 0 spiro atoms. The van der Waals surface area contributed by atoms with Gasteiger partial charge in [0.05, 0.1) is 11.5 Å². The standard InChI is InChI=1S/C14H16BrNO/c1-9-4-11(5-10(2)13(9)15)17-12-6-14(3,7-12)8-16/h4-5,12H,6-7H2,1-3H3. The first kappa shape index (κ1) is 12.4. The Bertz CT molecular complexity index is 460. The molecule has 0 aromatic heterocycles. The van der Waals surface area contributed by atoms with Crippen LogP contribution in [0.4, 0.5) is 0 Å². The van der Waals surface area contributed by atoms with E-state index < -0.39 is 0 Å². The molecule has 1 saturated carbocycles. The van der Waals surface area contributed by atoms with Gasteiger partial charge in [-0.15, -0.1) is 0 Å². The smallest absolute Gasteiger partial charge is 0.120 e. The van der Waals surface area contributed by atoms with Gasteiger partial charge in [-0.05, 0) is 44.0 Å². The first-order valence-corrected chi connectivity index (χ1v) is 6.57. The third-order valence-electron chi connectivity index (χ3n) is 3.34. The van der Waals surface area contributed by atoms with Crippen LogP contribution in [0, 0.1) is 30.6 Å². The molecule has 2 rings (SSSR count). The van der Waals surface area contributed by atoms with Crippen molar-refractivity contribution in [2.75, 3.05) is 0 Å². The van der Waals surface area contributed by atoms with E-state index in [9.17, 15) is 0 Å². The minimum atomic E-state index is -0.176. The summed E-state index contributed by atoms with van der Waals surface area (Å²) >= 11 is 3.54. The van der Waals surface area contributed by atoms with Crippen LogP contribution in [0.2, 0.25) is 0 Å². The van der Waals surface area contributed by atoms with Crippen molar-refractivity contribution >= 4 is 15.9 Å². The van der Waals surface area contributed by atoms with Crippen LogP contribution in [0.1, 0.15) is 30.9 Å². The Morgan fingerprint density at radius 1 is 1.35 bits per heavy atom. The fraction of sp³-hybridized carbons (Fsp3) is 0.500. The van der Waals surface area contributed by atoms with Crippen LogP contribution in [-0.2, 0) is 0 Å². The maximum atomic E-state index is 8.94. The minimum Gasteiger partial charge on any atom is -0.490 e. The number of halogens is 1. The number of benzene rings is 1. The van der Waals surface area contributed by atoms with Gasteiger partial charge in [-0.3, -0.25) is 0 Å². The van der Waals surface area contributed by atoms with Gasteiger partial charge in [0.1, 0.15) is 11.9 Å². The molecule has 1 aliphatic carbocycles. The van der Waals surface area contributed by atoms with E-state index >= 15 is 0 Å². The van der Waals surface area contributed by atoms with E-state index in [0.717, 1.165) is 23.1 Å². The lowest BCUT2D eigenvalue weighted by Crippen LogP contribution is -2.41. The zero-order valence-electron chi connectivity index (χ0n) is 10.4. The van der Waals surface area contributed by atoms with Crippen molar-refractivity contribution in [1.82, 2.24) is 0 Å². The quantitative estimate of drug-likeness (QED) is 0.821. The second-order valence-corrected chi connectivity index (χ2v) is 5.98. The number of aryl methyl sites for hydroxylation is 2. The van der Waals surface area contributed by atoms with Crippen molar-refractivity contribution in [1.29, 1.82) is 5.26 Å². The lowest BCUT2D eigenvalue weighted by Gasteiger charge is -2.39. The summed E-state index contributed by atoms with van der Waals surface area (Å²) in [5, 5.41) is 8.94. The summed E-state index contributed by atoms with van der Waals surface area (Å²) in [6, 6.07) is 6.42. The van der Waals surface area contributed by atoms with E-state index in [1.807, 2.05) is 19.1 Å². The Balaban J connectivity index is 2.05. The van der Waals surface area contributed by atoms with Crippen LogP contribution in [0.15, 0.2) is 16.6 Å². The molecule has 0 heterocycles. The number of hydrogen-bond acceptors (Lipinski definition) is 2. The molecule has 0 atom stereocenters. The molecule has 0 amide bonds. The van der Waals surface area contributed by atoms with Crippen molar-refractivity contribution in [3.8, 4) is 11.8 Å². The topological polar surface area (TPSA) is 33.0 Å². The highest BCUT2D eigenvalue weighted by molar-refractivity contribution is 9.10. The van der Waals surface area contributed by atoms with Crippen molar-refractivity contribution in [3.63, 3.8) is 0 Å². The highest BCUT2D eigenvalue weighted by Gasteiger charge is 2.42. The minimum absolute atomic E-state index is 0.176. The molecule has 2 nitrogen and oxygen atoms in total. The number of hydrogen-bond donors (Lipinski definition) is 0.